The van der Waals surface area contributed by atoms with Crippen molar-refractivity contribution in [2.24, 2.45) is 0 Å². The molecule has 5 nitrogen and oxygen atoms in total. The molecule has 6 heteroatoms. The van der Waals surface area contributed by atoms with Crippen LogP contribution < -0.4 is 10.6 Å². The molecular formula is C12H27IN4O. The molecule has 0 bridgehead atoms. The summed E-state index contributed by atoms with van der Waals surface area (Å²) in [4.78, 5) is 2.36. The van der Waals surface area contributed by atoms with Crippen molar-refractivity contribution in [2.75, 3.05) is 65.5 Å². The molecule has 0 spiro atoms. The van der Waals surface area contributed by atoms with Crippen LogP contribution in [0, 0.1) is 0 Å². The summed E-state index contributed by atoms with van der Waals surface area (Å²) in [6.45, 7) is 9.67. The number of β-amino-alcohol motifs (C(OH)–C–C–N with tert-alkyl or cyclic N) is 1. The average Bonchev–Trinajstić information content (AvgIpc) is 2.37. The van der Waals surface area contributed by atoms with Crippen molar-refractivity contribution in [1.29, 1.82) is 0 Å². The fourth-order valence-corrected chi connectivity index (χ4v) is 2.63. The Morgan fingerprint density at radius 2 is 1.56 bits per heavy atom. The summed E-state index contributed by atoms with van der Waals surface area (Å²) in [7, 11) is 0. The Bertz CT molecular complexity index is 197. The summed E-state index contributed by atoms with van der Waals surface area (Å²) in [6, 6.07) is 0. The van der Waals surface area contributed by atoms with Crippen molar-refractivity contribution in [1.82, 2.24) is 18.6 Å². The molecule has 1 aliphatic rings. The fourth-order valence-electron chi connectivity index (χ4n) is 2.07. The summed E-state index contributed by atoms with van der Waals surface area (Å²) < 4.78 is 2.35. The molecule has 0 aromatic rings. The molecule has 0 aromatic carbocycles. The number of aliphatic hydroxyl groups excluding tert-OH is 1. The van der Waals surface area contributed by atoms with Crippen LogP contribution in [0.25, 0.3) is 0 Å². The number of rotatable bonds is 2. The maximum Gasteiger partial charge on any atom is 0.0558 e. The van der Waals surface area contributed by atoms with Crippen LogP contribution in [0.15, 0.2) is 0 Å². The van der Waals surface area contributed by atoms with Gasteiger partial charge in [0.2, 0.25) is 0 Å². The van der Waals surface area contributed by atoms with E-state index in [2.05, 4.69) is 41.5 Å². The van der Waals surface area contributed by atoms with Crippen LogP contribution in [-0.4, -0.2) is 78.6 Å². The highest BCUT2D eigenvalue weighted by Gasteiger charge is 2.07. The van der Waals surface area contributed by atoms with Gasteiger partial charge in [0.25, 0.3) is 0 Å². The summed E-state index contributed by atoms with van der Waals surface area (Å²) in [6.07, 6.45) is 2.35. The lowest BCUT2D eigenvalue weighted by atomic mass is 10.3. The molecule has 1 fully saturated rings. The molecule has 0 saturated carbocycles. The molecule has 18 heavy (non-hydrogen) atoms. The van der Waals surface area contributed by atoms with Gasteiger partial charge in [-0.25, -0.2) is 3.11 Å². The molecule has 0 amide bonds. The van der Waals surface area contributed by atoms with Crippen LogP contribution in [0.1, 0.15) is 12.8 Å². The Balaban J connectivity index is 2.29. The number of nitrogens with zero attached hydrogens (tertiary/aromatic N) is 2. The number of aliphatic hydroxyl groups is 1. The lowest BCUT2D eigenvalue weighted by Crippen LogP contribution is -2.37. The van der Waals surface area contributed by atoms with E-state index in [0.29, 0.717) is 0 Å². The van der Waals surface area contributed by atoms with E-state index in [0.717, 1.165) is 65.3 Å². The molecule has 1 rings (SSSR count). The van der Waals surface area contributed by atoms with Crippen LogP contribution in [0.2, 0.25) is 0 Å². The van der Waals surface area contributed by atoms with Gasteiger partial charge in [-0.1, -0.05) is 0 Å². The maximum absolute atomic E-state index is 9.07. The topological polar surface area (TPSA) is 50.8 Å². The number of nitrogens with one attached hydrogen (secondary N) is 2. The van der Waals surface area contributed by atoms with Crippen molar-refractivity contribution in [3.63, 3.8) is 0 Å². The predicted molar refractivity (Wildman–Crippen MR) is 84.1 cm³/mol. The first-order chi connectivity index (χ1) is 8.83. The number of hydrogen-bond acceptors (Lipinski definition) is 5. The van der Waals surface area contributed by atoms with Crippen molar-refractivity contribution in [3.8, 4) is 0 Å². The smallest absolute Gasteiger partial charge is 0.0558 e. The van der Waals surface area contributed by atoms with E-state index >= 15 is 0 Å². The zero-order chi connectivity index (χ0) is 13.1. The van der Waals surface area contributed by atoms with Gasteiger partial charge in [-0.3, -0.25) is 4.90 Å². The normalized spacial score (nSPS) is 23.7. The highest BCUT2D eigenvalue weighted by molar-refractivity contribution is 14.1. The zero-order valence-corrected chi connectivity index (χ0v) is 13.4. The van der Waals surface area contributed by atoms with Gasteiger partial charge in [0.1, 0.15) is 0 Å². The summed E-state index contributed by atoms with van der Waals surface area (Å²) in [5.74, 6) is 0. The van der Waals surface area contributed by atoms with Crippen LogP contribution in [-0.2, 0) is 0 Å². The first kappa shape index (κ1) is 16.6. The second-order valence-electron chi connectivity index (χ2n) is 4.68. The van der Waals surface area contributed by atoms with E-state index in [1.165, 1.54) is 6.42 Å². The third-order valence-electron chi connectivity index (χ3n) is 3.14. The van der Waals surface area contributed by atoms with E-state index < -0.39 is 0 Å². The van der Waals surface area contributed by atoms with Crippen molar-refractivity contribution < 1.29 is 5.11 Å². The highest BCUT2D eigenvalue weighted by Crippen LogP contribution is 2.01. The molecule has 0 radical (unpaired) electrons. The van der Waals surface area contributed by atoms with Gasteiger partial charge >= 0.3 is 0 Å². The van der Waals surface area contributed by atoms with Gasteiger partial charge in [0.05, 0.1) is 6.61 Å². The third kappa shape index (κ3) is 8.60. The standard InChI is InChI=1S/C12H27IN4O/c13-17-8-2-4-15-6-5-14-3-1-7-16(9-10-17)11-12-18/h14-15,18H,1-12H2. The average molecular weight is 370 g/mol. The second kappa shape index (κ2) is 11.4. The van der Waals surface area contributed by atoms with Crippen molar-refractivity contribution in [2.45, 2.75) is 12.8 Å². The molecule has 108 valence electrons. The summed E-state index contributed by atoms with van der Waals surface area (Å²) in [5.41, 5.74) is 0. The van der Waals surface area contributed by atoms with E-state index in [4.69, 9.17) is 5.11 Å². The van der Waals surface area contributed by atoms with Crippen molar-refractivity contribution in [3.05, 3.63) is 0 Å². The monoisotopic (exact) mass is 370 g/mol. The Morgan fingerprint density at radius 3 is 2.22 bits per heavy atom. The molecular weight excluding hydrogens is 343 g/mol. The Kier molecular flexibility index (Phi) is 10.5. The molecule has 1 aliphatic heterocycles. The minimum Gasteiger partial charge on any atom is -0.395 e. The SMILES string of the molecule is OCCN1CCCNCCNCCCN(I)CC1. The highest BCUT2D eigenvalue weighted by atomic mass is 127. The van der Waals surface area contributed by atoms with Crippen LogP contribution >= 0.6 is 22.9 Å². The van der Waals surface area contributed by atoms with Gasteiger partial charge < -0.3 is 15.7 Å². The van der Waals surface area contributed by atoms with Gasteiger partial charge in [-0.2, -0.15) is 0 Å². The predicted octanol–water partition coefficient (Wildman–Crippen LogP) is -0.0943. The van der Waals surface area contributed by atoms with E-state index in [9.17, 15) is 0 Å². The first-order valence-corrected chi connectivity index (χ1v) is 7.95. The van der Waals surface area contributed by atoms with Crippen LogP contribution in [0.4, 0.5) is 0 Å². The Labute approximate surface area is 125 Å². The lowest BCUT2D eigenvalue weighted by Gasteiger charge is -2.24. The largest absolute Gasteiger partial charge is 0.395 e. The van der Waals surface area contributed by atoms with Gasteiger partial charge in [-0.05, 0) is 32.5 Å². The van der Waals surface area contributed by atoms with E-state index in [1.807, 2.05) is 0 Å². The quantitative estimate of drug-likeness (QED) is 0.469. The minimum absolute atomic E-state index is 0.262. The molecule has 3 N–H and O–H groups in total. The zero-order valence-electron chi connectivity index (χ0n) is 11.2. The van der Waals surface area contributed by atoms with Crippen LogP contribution in [0.3, 0.4) is 0 Å². The third-order valence-corrected chi connectivity index (χ3v) is 4.10. The Hall–Kier alpha value is 0.530. The minimum atomic E-state index is 0.262. The van der Waals surface area contributed by atoms with Gasteiger partial charge in [0.15, 0.2) is 0 Å². The van der Waals surface area contributed by atoms with Crippen LogP contribution in [0.5, 0.6) is 0 Å². The van der Waals surface area contributed by atoms with E-state index in [-0.39, 0.29) is 6.61 Å². The van der Waals surface area contributed by atoms with E-state index in [1.54, 1.807) is 0 Å². The maximum atomic E-state index is 9.07. The molecule has 1 heterocycles. The molecule has 0 atom stereocenters. The Morgan fingerprint density at radius 1 is 0.889 bits per heavy atom. The number of hydrogen-bond donors (Lipinski definition) is 3. The number of halogens is 1. The molecule has 0 aliphatic carbocycles. The fraction of sp³-hybridized carbons (Fsp3) is 1.00. The molecule has 0 unspecified atom stereocenters. The summed E-state index contributed by atoms with van der Waals surface area (Å²) in [5, 5.41) is 16.0. The first-order valence-electron chi connectivity index (χ1n) is 6.98. The summed E-state index contributed by atoms with van der Waals surface area (Å²) >= 11 is 2.41. The molecule has 0 aromatic heterocycles. The van der Waals surface area contributed by atoms with Gasteiger partial charge in [-0.15, -0.1) is 0 Å². The molecule has 1 saturated heterocycles. The second-order valence-corrected chi connectivity index (χ2v) is 6.05. The lowest BCUT2D eigenvalue weighted by molar-refractivity contribution is 0.188. The van der Waals surface area contributed by atoms with Gasteiger partial charge in [0, 0.05) is 62.1 Å². The van der Waals surface area contributed by atoms with Crippen molar-refractivity contribution >= 4 is 22.9 Å².